The SMILES string of the molecule is CCN(O)C(=O)C[C@H](NC(=O)C=Cc1cc(Cl)ccc1-n1cnnn1)c1nc(-c2ccc(NC(=O)OC)cc2)c(Cl)[nH]1. The lowest BCUT2D eigenvalue weighted by Crippen LogP contribution is -2.34. The van der Waals surface area contributed by atoms with E-state index < -0.39 is 23.9 Å². The van der Waals surface area contributed by atoms with Crippen LogP contribution in [0.15, 0.2) is 54.9 Å². The van der Waals surface area contributed by atoms with Crippen molar-refractivity contribution < 1.29 is 24.3 Å². The van der Waals surface area contributed by atoms with Gasteiger partial charge in [-0.25, -0.2) is 14.8 Å². The van der Waals surface area contributed by atoms with E-state index in [-0.39, 0.29) is 23.9 Å². The summed E-state index contributed by atoms with van der Waals surface area (Å²) in [5.41, 5.74) is 2.57. The van der Waals surface area contributed by atoms with E-state index in [2.05, 4.69) is 40.9 Å². The highest BCUT2D eigenvalue weighted by Gasteiger charge is 2.25. The second-order valence-electron chi connectivity index (χ2n) is 8.64. The monoisotopic (exact) mass is 613 g/mol. The molecule has 42 heavy (non-hydrogen) atoms. The maximum Gasteiger partial charge on any atom is 0.411 e. The molecule has 218 valence electrons. The smallest absolute Gasteiger partial charge is 0.411 e. The van der Waals surface area contributed by atoms with Gasteiger partial charge in [-0.1, -0.05) is 35.3 Å². The highest BCUT2D eigenvalue weighted by atomic mass is 35.5. The van der Waals surface area contributed by atoms with Gasteiger partial charge in [0.15, 0.2) is 0 Å². The molecule has 0 spiro atoms. The Bertz CT molecular complexity index is 1590. The van der Waals surface area contributed by atoms with Gasteiger partial charge in [-0.3, -0.25) is 20.1 Å². The van der Waals surface area contributed by atoms with Crippen molar-refractivity contribution in [3.63, 3.8) is 0 Å². The number of imidazole rings is 1. The molecule has 0 fully saturated rings. The first-order valence-electron chi connectivity index (χ1n) is 12.4. The molecule has 0 unspecified atom stereocenters. The van der Waals surface area contributed by atoms with Gasteiger partial charge in [-0.15, -0.1) is 5.10 Å². The Morgan fingerprint density at radius 3 is 2.62 bits per heavy atom. The number of hydroxylamine groups is 2. The van der Waals surface area contributed by atoms with Crippen LogP contribution < -0.4 is 10.6 Å². The number of amides is 3. The first-order chi connectivity index (χ1) is 20.2. The molecule has 2 aromatic heterocycles. The van der Waals surface area contributed by atoms with Crippen LogP contribution in [0.5, 0.6) is 0 Å². The third kappa shape index (κ3) is 7.48. The third-order valence-corrected chi connectivity index (χ3v) is 6.39. The highest BCUT2D eigenvalue weighted by molar-refractivity contribution is 6.32. The minimum Gasteiger partial charge on any atom is -0.453 e. The Hall–Kier alpha value is -4.79. The first-order valence-corrected chi connectivity index (χ1v) is 13.2. The number of nitrogens with one attached hydrogen (secondary N) is 3. The van der Waals surface area contributed by atoms with E-state index in [0.717, 1.165) is 0 Å². The number of rotatable bonds is 10. The molecule has 3 amide bonds. The van der Waals surface area contributed by atoms with E-state index in [0.29, 0.717) is 38.3 Å². The average molecular weight is 614 g/mol. The molecule has 0 saturated carbocycles. The summed E-state index contributed by atoms with van der Waals surface area (Å²) in [6.07, 6.45) is 3.24. The summed E-state index contributed by atoms with van der Waals surface area (Å²) in [6, 6.07) is 10.6. The normalized spacial score (nSPS) is 11.7. The van der Waals surface area contributed by atoms with Gasteiger partial charge in [0.05, 0.1) is 25.3 Å². The third-order valence-electron chi connectivity index (χ3n) is 5.88. The number of aromatic amines is 1. The zero-order chi connectivity index (χ0) is 30.2. The van der Waals surface area contributed by atoms with Crippen LogP contribution in [0.2, 0.25) is 10.2 Å². The molecular weight excluding hydrogens is 589 g/mol. The van der Waals surface area contributed by atoms with E-state index in [1.54, 1.807) is 49.4 Å². The number of tetrazole rings is 1. The van der Waals surface area contributed by atoms with Gasteiger partial charge in [0.25, 0.3) is 0 Å². The maximum atomic E-state index is 13.0. The Morgan fingerprint density at radius 2 is 1.95 bits per heavy atom. The van der Waals surface area contributed by atoms with Gasteiger partial charge in [-0.05, 0) is 53.8 Å². The maximum absolute atomic E-state index is 13.0. The van der Waals surface area contributed by atoms with Gasteiger partial charge in [-0.2, -0.15) is 4.68 Å². The number of hydrogen-bond donors (Lipinski definition) is 4. The van der Waals surface area contributed by atoms with Crippen molar-refractivity contribution >= 4 is 52.9 Å². The molecule has 4 aromatic rings. The number of methoxy groups -OCH3 is 1. The Labute approximate surface area is 249 Å². The van der Waals surface area contributed by atoms with E-state index in [1.165, 1.54) is 30.3 Å². The van der Waals surface area contributed by atoms with Gasteiger partial charge >= 0.3 is 6.09 Å². The standard InChI is InChI=1S/C26H25Cl2N9O5/c1-3-37(41)22(39)13-19(25-32-23(24(28)33-25)15-4-8-18(9-5-15)30-26(40)42-2)31-21(38)11-6-16-12-17(27)7-10-20(16)36-14-29-34-35-36/h4-12,14,19,41H,3,13H2,1-2H3,(H,30,40)(H,31,38)(H,32,33)/t19-/m0/s1. The van der Waals surface area contributed by atoms with Crippen LogP contribution in [0.4, 0.5) is 10.5 Å². The van der Waals surface area contributed by atoms with Gasteiger partial charge in [0, 0.05) is 34.5 Å². The molecule has 0 radical (unpaired) electrons. The lowest BCUT2D eigenvalue weighted by atomic mass is 10.1. The van der Waals surface area contributed by atoms with Crippen molar-refractivity contribution in [2.45, 2.75) is 19.4 Å². The second kappa shape index (κ2) is 13.7. The number of nitrogens with zero attached hydrogens (tertiary/aromatic N) is 6. The molecule has 4 rings (SSSR count). The Balaban J connectivity index is 1.58. The fraction of sp³-hybridized carbons (Fsp3) is 0.192. The van der Waals surface area contributed by atoms with Crippen LogP contribution in [0.1, 0.15) is 30.8 Å². The minimum atomic E-state index is -0.985. The summed E-state index contributed by atoms with van der Waals surface area (Å²) in [6.45, 7) is 1.65. The topological polar surface area (TPSA) is 180 Å². The molecule has 1 atom stereocenters. The largest absolute Gasteiger partial charge is 0.453 e. The van der Waals surface area contributed by atoms with Crippen molar-refractivity contribution in [1.82, 2.24) is 40.6 Å². The van der Waals surface area contributed by atoms with E-state index >= 15 is 0 Å². The summed E-state index contributed by atoms with van der Waals surface area (Å²) in [5.74, 6) is -1.03. The van der Waals surface area contributed by atoms with Crippen molar-refractivity contribution in [1.29, 1.82) is 0 Å². The van der Waals surface area contributed by atoms with Crippen molar-refractivity contribution in [2.24, 2.45) is 0 Å². The average Bonchev–Trinajstić information content (AvgIpc) is 3.66. The lowest BCUT2D eigenvalue weighted by molar-refractivity contribution is -0.165. The van der Waals surface area contributed by atoms with E-state index in [9.17, 15) is 19.6 Å². The minimum absolute atomic E-state index is 0.0458. The van der Waals surface area contributed by atoms with Gasteiger partial charge in [0.1, 0.15) is 23.0 Å². The van der Waals surface area contributed by atoms with Crippen LogP contribution in [0.25, 0.3) is 23.0 Å². The molecule has 2 aromatic carbocycles. The van der Waals surface area contributed by atoms with E-state index in [4.69, 9.17) is 23.2 Å². The molecule has 4 N–H and O–H groups in total. The van der Waals surface area contributed by atoms with Crippen LogP contribution in [0.3, 0.4) is 0 Å². The first kappa shape index (κ1) is 30.2. The number of anilines is 1. The summed E-state index contributed by atoms with van der Waals surface area (Å²) in [4.78, 5) is 44.5. The number of halogens is 2. The number of aromatic nitrogens is 6. The van der Waals surface area contributed by atoms with Crippen LogP contribution in [-0.4, -0.2) is 72.0 Å². The van der Waals surface area contributed by atoms with E-state index in [1.807, 2.05) is 0 Å². The second-order valence-corrected chi connectivity index (χ2v) is 9.46. The molecule has 0 aliphatic carbocycles. The predicted molar refractivity (Wildman–Crippen MR) is 153 cm³/mol. The summed E-state index contributed by atoms with van der Waals surface area (Å²) in [5, 5.41) is 27.5. The van der Waals surface area contributed by atoms with Crippen molar-refractivity contribution in [3.8, 4) is 16.9 Å². The predicted octanol–water partition coefficient (Wildman–Crippen LogP) is 4.04. The number of ether oxygens (including phenoxy) is 1. The molecule has 16 heteroatoms. The molecule has 2 heterocycles. The fourth-order valence-corrected chi connectivity index (χ4v) is 4.23. The molecular formula is C26H25Cl2N9O5. The summed E-state index contributed by atoms with van der Waals surface area (Å²) < 4.78 is 6.00. The van der Waals surface area contributed by atoms with Gasteiger partial charge in [0.2, 0.25) is 11.8 Å². The molecule has 0 bridgehead atoms. The van der Waals surface area contributed by atoms with Gasteiger partial charge < -0.3 is 15.0 Å². The zero-order valence-electron chi connectivity index (χ0n) is 22.3. The van der Waals surface area contributed by atoms with Crippen LogP contribution in [-0.2, 0) is 14.3 Å². The molecule has 0 saturated heterocycles. The number of carbonyl (C=O) groups is 3. The Morgan fingerprint density at radius 1 is 1.19 bits per heavy atom. The number of benzene rings is 2. The number of carbonyl (C=O) groups excluding carboxylic acids is 3. The zero-order valence-corrected chi connectivity index (χ0v) is 23.8. The van der Waals surface area contributed by atoms with Crippen LogP contribution in [0, 0.1) is 0 Å². The van der Waals surface area contributed by atoms with Crippen molar-refractivity contribution in [2.75, 3.05) is 19.0 Å². The number of hydrogen-bond acceptors (Lipinski definition) is 9. The molecule has 0 aliphatic heterocycles. The quantitative estimate of drug-likeness (QED) is 0.117. The fourth-order valence-electron chi connectivity index (χ4n) is 3.80. The molecule has 0 aliphatic rings. The van der Waals surface area contributed by atoms with Crippen LogP contribution >= 0.6 is 23.2 Å². The highest BCUT2D eigenvalue weighted by Crippen LogP contribution is 2.29. The molecule has 14 nitrogen and oxygen atoms in total. The number of H-pyrrole nitrogens is 1. The summed E-state index contributed by atoms with van der Waals surface area (Å²) >= 11 is 12.6. The summed E-state index contributed by atoms with van der Waals surface area (Å²) in [7, 11) is 1.26. The van der Waals surface area contributed by atoms with Crippen molar-refractivity contribution in [3.05, 3.63) is 76.4 Å². The lowest BCUT2D eigenvalue weighted by Gasteiger charge is -2.18. The Kier molecular flexibility index (Phi) is 9.85.